The van der Waals surface area contributed by atoms with Crippen molar-refractivity contribution < 1.29 is 17.9 Å². The molecule has 5 aromatic rings. The molecule has 4 aromatic carbocycles. The quantitative estimate of drug-likeness (QED) is 0.160. The first kappa shape index (κ1) is 31.3. The van der Waals surface area contributed by atoms with Gasteiger partial charge in [0.05, 0.1) is 22.5 Å². The average Bonchev–Trinajstić information content (AvgIpc) is 3.27. The van der Waals surface area contributed by atoms with E-state index in [2.05, 4.69) is 10.5 Å². The molecule has 1 amide bonds. The van der Waals surface area contributed by atoms with Crippen LogP contribution in [-0.2, 0) is 28.5 Å². The van der Waals surface area contributed by atoms with Gasteiger partial charge in [0.25, 0.3) is 21.5 Å². The Hall–Kier alpha value is -5.13. The van der Waals surface area contributed by atoms with Gasteiger partial charge in [-0.2, -0.15) is 5.10 Å². The largest absolute Gasteiger partial charge is 0.489 e. The molecular weight excluding hydrogens is 614 g/mol. The Morgan fingerprint density at radius 3 is 2.22 bits per heavy atom. The van der Waals surface area contributed by atoms with Crippen LogP contribution in [0, 0.1) is 6.92 Å². The van der Waals surface area contributed by atoms with Gasteiger partial charge in [-0.1, -0.05) is 66.2 Å². The predicted molar refractivity (Wildman–Crippen MR) is 175 cm³/mol. The SMILES string of the molecule is Cc1c(N(CC(=O)N/N=C\c2ccc(OCc3ccccc3Cl)cc2)S(=O)(=O)c2ccccc2)c(=O)n(-c2ccccc2)n1C. The molecule has 0 unspecified atom stereocenters. The fourth-order valence-electron chi connectivity index (χ4n) is 4.62. The first-order valence-corrected chi connectivity index (χ1v) is 15.7. The summed E-state index contributed by atoms with van der Waals surface area (Å²) in [5.41, 5.74) is 4.08. The maximum atomic E-state index is 13.9. The number of carbonyl (C=O) groups excluding carboxylic acids is 1. The van der Waals surface area contributed by atoms with Gasteiger partial charge in [-0.25, -0.2) is 22.8 Å². The van der Waals surface area contributed by atoms with Crippen LogP contribution in [0.15, 0.2) is 124 Å². The van der Waals surface area contributed by atoms with Crippen LogP contribution >= 0.6 is 11.6 Å². The minimum atomic E-state index is -4.32. The first-order chi connectivity index (χ1) is 21.7. The third kappa shape index (κ3) is 7.00. The van der Waals surface area contributed by atoms with E-state index in [0.717, 1.165) is 9.87 Å². The molecule has 0 fully saturated rings. The number of nitrogens with zero attached hydrogens (tertiary/aromatic N) is 4. The van der Waals surface area contributed by atoms with Gasteiger partial charge in [-0.3, -0.25) is 14.3 Å². The molecular formula is C33H30ClN5O5S. The van der Waals surface area contributed by atoms with Crippen molar-refractivity contribution in [3.63, 3.8) is 0 Å². The monoisotopic (exact) mass is 643 g/mol. The average molecular weight is 644 g/mol. The highest BCUT2D eigenvalue weighted by molar-refractivity contribution is 7.92. The maximum absolute atomic E-state index is 13.9. The molecule has 1 heterocycles. The van der Waals surface area contributed by atoms with Crippen LogP contribution in [0.3, 0.4) is 0 Å². The van der Waals surface area contributed by atoms with E-state index in [4.69, 9.17) is 16.3 Å². The lowest BCUT2D eigenvalue weighted by Crippen LogP contribution is -2.42. The van der Waals surface area contributed by atoms with E-state index < -0.39 is 28.0 Å². The van der Waals surface area contributed by atoms with Gasteiger partial charge < -0.3 is 4.74 Å². The molecule has 0 aliphatic rings. The van der Waals surface area contributed by atoms with Crippen LogP contribution < -0.4 is 20.0 Å². The van der Waals surface area contributed by atoms with Crippen LogP contribution in [0.4, 0.5) is 5.69 Å². The van der Waals surface area contributed by atoms with Crippen molar-refractivity contribution in [3.05, 3.63) is 141 Å². The Morgan fingerprint density at radius 1 is 0.933 bits per heavy atom. The molecule has 1 aromatic heterocycles. The third-order valence-corrected chi connectivity index (χ3v) is 9.16. The predicted octanol–water partition coefficient (Wildman–Crippen LogP) is 5.06. The van der Waals surface area contributed by atoms with Crippen molar-refractivity contribution in [2.24, 2.45) is 12.1 Å². The topological polar surface area (TPSA) is 115 Å². The second kappa shape index (κ2) is 13.7. The number of hydrogen-bond acceptors (Lipinski definition) is 6. The van der Waals surface area contributed by atoms with Crippen molar-refractivity contribution in [2.45, 2.75) is 18.4 Å². The Balaban J connectivity index is 1.35. The Bertz CT molecular complexity index is 1990. The van der Waals surface area contributed by atoms with Gasteiger partial charge in [0.1, 0.15) is 24.6 Å². The molecule has 45 heavy (non-hydrogen) atoms. The standard InChI is InChI=1S/C33H30ClN5O5S/c1-24-32(33(41)39(37(24)2)27-12-5-3-6-13-27)38(45(42,43)29-14-7-4-8-15-29)22-31(40)36-35-21-25-17-19-28(20-18-25)44-23-26-11-9-10-16-30(26)34/h3-21H,22-23H2,1-2H3,(H,36,40)/b35-21-. The molecule has 1 N–H and O–H groups in total. The molecule has 0 saturated heterocycles. The van der Waals surface area contributed by atoms with E-state index >= 15 is 0 Å². The number of anilines is 1. The molecule has 0 atom stereocenters. The van der Waals surface area contributed by atoms with Gasteiger partial charge in [-0.15, -0.1) is 0 Å². The number of para-hydroxylation sites is 1. The number of hydrazone groups is 1. The van der Waals surface area contributed by atoms with Gasteiger partial charge in [0.2, 0.25) is 0 Å². The van der Waals surface area contributed by atoms with E-state index in [1.807, 2.05) is 24.3 Å². The summed E-state index contributed by atoms with van der Waals surface area (Å²) in [6.45, 7) is 1.25. The molecule has 5 rings (SSSR count). The van der Waals surface area contributed by atoms with E-state index in [9.17, 15) is 18.0 Å². The number of rotatable bonds is 11. The minimum absolute atomic E-state index is 0.0629. The lowest BCUT2D eigenvalue weighted by Gasteiger charge is -2.22. The summed E-state index contributed by atoms with van der Waals surface area (Å²) in [5.74, 6) is -0.114. The van der Waals surface area contributed by atoms with Crippen molar-refractivity contribution >= 4 is 39.4 Å². The number of hydrogen-bond donors (Lipinski definition) is 1. The maximum Gasteiger partial charge on any atom is 0.296 e. The van der Waals surface area contributed by atoms with Gasteiger partial charge in [0, 0.05) is 17.6 Å². The normalized spacial score (nSPS) is 11.4. The summed E-state index contributed by atoms with van der Waals surface area (Å²) < 4.78 is 37.2. The van der Waals surface area contributed by atoms with Crippen LogP contribution in [-0.4, -0.2) is 36.4 Å². The van der Waals surface area contributed by atoms with E-state index in [1.54, 1.807) is 91.4 Å². The second-order valence-electron chi connectivity index (χ2n) is 9.98. The number of halogens is 1. The van der Waals surface area contributed by atoms with Gasteiger partial charge in [-0.05, 0) is 67.1 Å². The van der Waals surface area contributed by atoms with Gasteiger partial charge in [0.15, 0.2) is 0 Å². The fraction of sp³-hybridized carbons (Fsp3) is 0.121. The molecule has 0 saturated carbocycles. The van der Waals surface area contributed by atoms with Crippen LogP contribution in [0.2, 0.25) is 5.02 Å². The smallest absolute Gasteiger partial charge is 0.296 e. The second-order valence-corrected chi connectivity index (χ2v) is 12.2. The summed E-state index contributed by atoms with van der Waals surface area (Å²) in [6, 6.07) is 30.9. The molecule has 0 aliphatic heterocycles. The zero-order valence-corrected chi connectivity index (χ0v) is 26.1. The lowest BCUT2D eigenvalue weighted by molar-refractivity contribution is -0.119. The molecule has 0 spiro atoms. The zero-order valence-electron chi connectivity index (χ0n) is 24.5. The van der Waals surface area contributed by atoms with Crippen molar-refractivity contribution in [3.8, 4) is 11.4 Å². The summed E-state index contributed by atoms with van der Waals surface area (Å²) in [7, 11) is -2.67. The Morgan fingerprint density at radius 2 is 1.56 bits per heavy atom. The fourth-order valence-corrected chi connectivity index (χ4v) is 6.30. The van der Waals surface area contributed by atoms with Crippen molar-refractivity contribution in [2.75, 3.05) is 10.8 Å². The summed E-state index contributed by atoms with van der Waals surface area (Å²) >= 11 is 6.18. The highest BCUT2D eigenvalue weighted by atomic mass is 35.5. The zero-order chi connectivity index (χ0) is 32.0. The first-order valence-electron chi connectivity index (χ1n) is 13.9. The third-order valence-electron chi connectivity index (χ3n) is 7.03. The minimum Gasteiger partial charge on any atom is -0.489 e. The molecule has 10 nitrogen and oxygen atoms in total. The highest BCUT2D eigenvalue weighted by Gasteiger charge is 2.33. The number of nitrogens with one attached hydrogen (secondary N) is 1. The lowest BCUT2D eigenvalue weighted by atomic mass is 10.2. The number of benzene rings is 4. The van der Waals surface area contributed by atoms with E-state index in [-0.39, 0.29) is 10.6 Å². The highest BCUT2D eigenvalue weighted by Crippen LogP contribution is 2.25. The van der Waals surface area contributed by atoms with E-state index in [1.165, 1.54) is 23.0 Å². The van der Waals surface area contributed by atoms with Crippen molar-refractivity contribution in [1.29, 1.82) is 0 Å². The molecule has 0 bridgehead atoms. The van der Waals surface area contributed by atoms with Crippen LogP contribution in [0.1, 0.15) is 16.8 Å². The van der Waals surface area contributed by atoms with Crippen molar-refractivity contribution in [1.82, 2.24) is 14.8 Å². The molecule has 230 valence electrons. The molecule has 12 heteroatoms. The number of sulfonamides is 1. The summed E-state index contributed by atoms with van der Waals surface area (Å²) in [5, 5.41) is 4.62. The number of ether oxygens (including phenoxy) is 1. The van der Waals surface area contributed by atoms with Crippen LogP contribution in [0.25, 0.3) is 5.69 Å². The van der Waals surface area contributed by atoms with E-state index in [0.29, 0.717) is 34.3 Å². The summed E-state index contributed by atoms with van der Waals surface area (Å²) in [4.78, 5) is 26.8. The molecule has 0 radical (unpaired) electrons. The summed E-state index contributed by atoms with van der Waals surface area (Å²) in [6.07, 6.45) is 1.42. The number of carbonyl (C=O) groups is 1. The molecule has 0 aliphatic carbocycles. The van der Waals surface area contributed by atoms with Crippen LogP contribution in [0.5, 0.6) is 5.75 Å². The Kier molecular flexibility index (Phi) is 9.50. The number of aromatic nitrogens is 2. The number of amides is 1. The van der Waals surface area contributed by atoms with Gasteiger partial charge >= 0.3 is 0 Å². The Labute approximate surface area is 265 Å².